The summed E-state index contributed by atoms with van der Waals surface area (Å²) in [6.07, 6.45) is 7.37. The summed E-state index contributed by atoms with van der Waals surface area (Å²) < 4.78 is 28.9. The summed E-state index contributed by atoms with van der Waals surface area (Å²) >= 11 is 0. The van der Waals surface area contributed by atoms with E-state index in [0.717, 1.165) is 32.1 Å². The van der Waals surface area contributed by atoms with Crippen molar-refractivity contribution in [3.05, 3.63) is 6.20 Å². The quantitative estimate of drug-likeness (QED) is 0.858. The average Bonchev–Trinajstić information content (AvgIpc) is 2.73. The van der Waals surface area contributed by atoms with Crippen LogP contribution in [0.15, 0.2) is 11.1 Å². The zero-order valence-electron chi connectivity index (χ0n) is 11.3. The van der Waals surface area contributed by atoms with E-state index in [0.29, 0.717) is 6.54 Å². The maximum absolute atomic E-state index is 12.3. The number of anilines is 1. The molecule has 3 N–H and O–H groups in total. The second-order valence-corrected chi connectivity index (χ2v) is 6.76. The summed E-state index contributed by atoms with van der Waals surface area (Å²) in [5, 5.41) is 4.04. The molecule has 0 amide bonds. The topological polar surface area (TPSA) is 90.0 Å². The first-order chi connectivity index (χ1) is 9.04. The first kappa shape index (κ1) is 14.3. The van der Waals surface area contributed by atoms with Gasteiger partial charge in [0.15, 0.2) is 0 Å². The normalized spacial score (nSPS) is 17.7. The van der Waals surface area contributed by atoms with Gasteiger partial charge in [-0.1, -0.05) is 26.2 Å². The molecule has 1 aliphatic carbocycles. The molecule has 7 heteroatoms. The number of nitrogens with zero attached hydrogens (tertiary/aromatic N) is 2. The molecule has 0 atom stereocenters. The first-order valence-electron chi connectivity index (χ1n) is 6.88. The first-order valence-corrected chi connectivity index (χ1v) is 8.36. The van der Waals surface area contributed by atoms with Gasteiger partial charge >= 0.3 is 0 Å². The molecule has 1 aromatic rings. The third kappa shape index (κ3) is 3.27. The van der Waals surface area contributed by atoms with Crippen LogP contribution in [0.1, 0.15) is 45.4 Å². The van der Waals surface area contributed by atoms with Crippen molar-refractivity contribution in [3.63, 3.8) is 0 Å². The van der Waals surface area contributed by atoms with E-state index in [9.17, 15) is 8.42 Å². The van der Waals surface area contributed by atoms with E-state index in [2.05, 4.69) is 9.82 Å². The second kappa shape index (κ2) is 5.92. The van der Waals surface area contributed by atoms with Gasteiger partial charge in [0.05, 0.1) is 6.20 Å². The molecule has 108 valence electrons. The number of nitrogens with two attached hydrogens (primary N) is 1. The highest BCUT2D eigenvalue weighted by Crippen LogP contribution is 2.22. The Labute approximate surface area is 114 Å². The average molecular weight is 286 g/mol. The van der Waals surface area contributed by atoms with Crippen LogP contribution in [0.5, 0.6) is 0 Å². The lowest BCUT2D eigenvalue weighted by Crippen LogP contribution is -2.36. The Hall–Kier alpha value is -1.08. The Morgan fingerprint density at radius 2 is 2.11 bits per heavy atom. The number of hydrogen-bond acceptors (Lipinski definition) is 4. The van der Waals surface area contributed by atoms with E-state index in [4.69, 9.17) is 5.73 Å². The van der Waals surface area contributed by atoms with Crippen molar-refractivity contribution >= 4 is 15.8 Å². The SMILES string of the molecule is CCCn1ncc(S(=O)(=O)NC2CCCCC2)c1N. The molecular weight excluding hydrogens is 264 g/mol. The fraction of sp³-hybridized carbons (Fsp3) is 0.750. The van der Waals surface area contributed by atoms with Crippen LogP contribution in [0.3, 0.4) is 0 Å². The smallest absolute Gasteiger partial charge is 0.246 e. The molecule has 6 nitrogen and oxygen atoms in total. The highest BCUT2D eigenvalue weighted by Gasteiger charge is 2.25. The number of nitrogen functional groups attached to an aromatic ring is 1. The summed E-state index contributed by atoms with van der Waals surface area (Å²) in [5.41, 5.74) is 5.86. The molecule has 19 heavy (non-hydrogen) atoms. The van der Waals surface area contributed by atoms with Crippen LogP contribution in [-0.2, 0) is 16.6 Å². The number of aromatic nitrogens is 2. The molecule has 1 aromatic heterocycles. The third-order valence-corrected chi connectivity index (χ3v) is 5.03. The molecule has 1 heterocycles. The molecule has 0 saturated heterocycles. The lowest BCUT2D eigenvalue weighted by Gasteiger charge is -2.22. The molecule has 1 fully saturated rings. The van der Waals surface area contributed by atoms with Gasteiger partial charge in [-0.3, -0.25) is 0 Å². The highest BCUT2D eigenvalue weighted by atomic mass is 32.2. The Balaban J connectivity index is 2.14. The van der Waals surface area contributed by atoms with Gasteiger partial charge in [0, 0.05) is 12.6 Å². The zero-order valence-corrected chi connectivity index (χ0v) is 12.1. The minimum atomic E-state index is -3.55. The lowest BCUT2D eigenvalue weighted by atomic mass is 9.96. The van der Waals surface area contributed by atoms with Crippen molar-refractivity contribution in [2.75, 3.05) is 5.73 Å². The van der Waals surface area contributed by atoms with E-state index in [1.54, 1.807) is 0 Å². The maximum Gasteiger partial charge on any atom is 0.246 e. The molecule has 0 spiro atoms. The summed E-state index contributed by atoms with van der Waals surface area (Å²) in [6.45, 7) is 2.63. The van der Waals surface area contributed by atoms with Crippen molar-refractivity contribution < 1.29 is 8.42 Å². The van der Waals surface area contributed by atoms with Crippen LogP contribution in [0, 0.1) is 0 Å². The van der Waals surface area contributed by atoms with E-state index >= 15 is 0 Å². The van der Waals surface area contributed by atoms with Gasteiger partial charge < -0.3 is 5.73 Å². The molecule has 0 radical (unpaired) electrons. The minimum absolute atomic E-state index is 0.0349. The van der Waals surface area contributed by atoms with Crippen molar-refractivity contribution in [1.29, 1.82) is 0 Å². The summed E-state index contributed by atoms with van der Waals surface area (Å²) in [6, 6.07) is 0.0349. The molecule has 0 aliphatic heterocycles. The third-order valence-electron chi connectivity index (χ3n) is 3.50. The van der Waals surface area contributed by atoms with Gasteiger partial charge in [0.1, 0.15) is 10.7 Å². The van der Waals surface area contributed by atoms with Crippen LogP contribution >= 0.6 is 0 Å². The van der Waals surface area contributed by atoms with Crippen LogP contribution < -0.4 is 10.5 Å². The Kier molecular flexibility index (Phi) is 4.46. The van der Waals surface area contributed by atoms with Crippen molar-refractivity contribution in [2.24, 2.45) is 0 Å². The van der Waals surface area contributed by atoms with E-state index < -0.39 is 10.0 Å². The van der Waals surface area contributed by atoms with Gasteiger partial charge in [-0.05, 0) is 19.3 Å². The Morgan fingerprint density at radius 3 is 2.74 bits per heavy atom. The van der Waals surface area contributed by atoms with E-state index in [1.807, 2.05) is 6.92 Å². The summed E-state index contributed by atoms with van der Waals surface area (Å²) in [5.74, 6) is 0.227. The molecular formula is C12H22N4O2S. The lowest BCUT2D eigenvalue weighted by molar-refractivity contribution is 0.412. The molecule has 0 bridgehead atoms. The van der Waals surface area contributed by atoms with Crippen LogP contribution in [0.2, 0.25) is 0 Å². The molecule has 2 rings (SSSR count). The molecule has 0 unspecified atom stereocenters. The fourth-order valence-corrected chi connectivity index (χ4v) is 3.85. The Morgan fingerprint density at radius 1 is 1.42 bits per heavy atom. The summed E-state index contributed by atoms with van der Waals surface area (Å²) in [7, 11) is -3.55. The predicted octanol–water partition coefficient (Wildman–Crippen LogP) is 1.49. The number of aryl methyl sites for hydroxylation is 1. The maximum atomic E-state index is 12.3. The monoisotopic (exact) mass is 286 g/mol. The minimum Gasteiger partial charge on any atom is -0.383 e. The van der Waals surface area contributed by atoms with E-state index in [-0.39, 0.29) is 16.8 Å². The largest absolute Gasteiger partial charge is 0.383 e. The van der Waals surface area contributed by atoms with Gasteiger partial charge in [-0.25, -0.2) is 17.8 Å². The highest BCUT2D eigenvalue weighted by molar-refractivity contribution is 7.89. The standard InChI is InChI=1S/C12H22N4O2S/c1-2-8-16-12(13)11(9-14-16)19(17,18)15-10-6-4-3-5-7-10/h9-10,15H,2-8,13H2,1H3. The van der Waals surface area contributed by atoms with Gasteiger partial charge in [0.2, 0.25) is 10.0 Å². The molecule has 1 saturated carbocycles. The van der Waals surface area contributed by atoms with Crippen molar-refractivity contribution in [3.8, 4) is 0 Å². The number of nitrogens with one attached hydrogen (secondary N) is 1. The fourth-order valence-electron chi connectivity index (χ4n) is 2.48. The molecule has 0 aromatic carbocycles. The van der Waals surface area contributed by atoms with Crippen LogP contribution in [-0.4, -0.2) is 24.2 Å². The van der Waals surface area contributed by atoms with Crippen molar-refractivity contribution in [1.82, 2.24) is 14.5 Å². The van der Waals surface area contributed by atoms with Crippen LogP contribution in [0.25, 0.3) is 0 Å². The molecule has 1 aliphatic rings. The Bertz CT molecular complexity index is 518. The van der Waals surface area contributed by atoms with Gasteiger partial charge in [0.25, 0.3) is 0 Å². The van der Waals surface area contributed by atoms with Crippen LogP contribution in [0.4, 0.5) is 5.82 Å². The second-order valence-electron chi connectivity index (χ2n) is 5.07. The number of rotatable bonds is 5. The number of hydrogen-bond donors (Lipinski definition) is 2. The van der Waals surface area contributed by atoms with Gasteiger partial charge in [-0.15, -0.1) is 0 Å². The van der Waals surface area contributed by atoms with Crippen molar-refractivity contribution in [2.45, 2.75) is 62.9 Å². The van der Waals surface area contributed by atoms with E-state index in [1.165, 1.54) is 17.3 Å². The predicted molar refractivity (Wildman–Crippen MR) is 74.1 cm³/mol. The number of sulfonamides is 1. The summed E-state index contributed by atoms with van der Waals surface area (Å²) in [4.78, 5) is 0.103. The van der Waals surface area contributed by atoms with Gasteiger partial charge in [-0.2, -0.15) is 5.10 Å². The zero-order chi connectivity index (χ0) is 13.9.